The molecule has 0 amide bonds. The van der Waals surface area contributed by atoms with Gasteiger partial charge in [-0.25, -0.2) is 0 Å². The molecular weight excluding hydrogens is 227 g/mol. The smallest absolute Gasteiger partial charge is 0.00628 e. The highest BCUT2D eigenvalue weighted by atomic mass is 14.6. The van der Waals surface area contributed by atoms with Gasteiger partial charge >= 0.3 is 0 Å². The van der Waals surface area contributed by atoms with Crippen molar-refractivity contribution in [3.8, 4) is 0 Å². The summed E-state index contributed by atoms with van der Waals surface area (Å²) in [6.45, 7) is 7.96. The van der Waals surface area contributed by atoms with E-state index in [1.54, 1.807) is 51.4 Å². The van der Waals surface area contributed by atoms with Crippen molar-refractivity contribution in [3.63, 3.8) is 0 Å². The number of hydrogen-bond acceptors (Lipinski definition) is 0. The fourth-order valence-electron chi connectivity index (χ4n) is 7.83. The van der Waals surface area contributed by atoms with Crippen LogP contribution in [0.4, 0.5) is 0 Å². The van der Waals surface area contributed by atoms with Crippen LogP contribution in [0.3, 0.4) is 0 Å². The lowest BCUT2D eigenvalue weighted by Crippen LogP contribution is -2.57. The van der Waals surface area contributed by atoms with Crippen LogP contribution in [0.2, 0.25) is 17.5 Å². The Kier molecular flexibility index (Phi) is 2.88. The van der Waals surface area contributed by atoms with E-state index in [-0.39, 0.29) is 6.71 Å². The Labute approximate surface area is 120 Å². The normalized spacial score (nSPS) is 55.4. The largest absolute Gasteiger partial charge is 0.169 e. The Morgan fingerprint density at radius 1 is 0.895 bits per heavy atom. The van der Waals surface area contributed by atoms with E-state index in [0.29, 0.717) is 5.41 Å². The van der Waals surface area contributed by atoms with Gasteiger partial charge in [0.25, 0.3) is 0 Å². The molecule has 0 aromatic rings. The van der Waals surface area contributed by atoms with Gasteiger partial charge in [0, 0.05) is 0 Å². The highest BCUT2D eigenvalue weighted by Crippen LogP contribution is 2.67. The summed E-state index contributed by atoms with van der Waals surface area (Å²) in [5.74, 6) is 6.83. The molecule has 3 aliphatic carbocycles. The van der Waals surface area contributed by atoms with E-state index in [9.17, 15) is 0 Å². The lowest BCUT2D eigenvalue weighted by atomic mass is 9.18. The molecule has 19 heavy (non-hydrogen) atoms. The molecule has 4 unspecified atom stereocenters. The highest BCUT2D eigenvalue weighted by molar-refractivity contribution is 6.64. The molecule has 4 atom stereocenters. The summed E-state index contributed by atoms with van der Waals surface area (Å²) in [5, 5.41) is 0. The zero-order valence-electron chi connectivity index (χ0n) is 13.3. The molecule has 1 heteroatoms. The third-order valence-corrected chi connectivity index (χ3v) is 8.90. The van der Waals surface area contributed by atoms with Crippen molar-refractivity contribution >= 4 is 6.71 Å². The Morgan fingerprint density at radius 2 is 1.47 bits per heavy atom. The predicted octanol–water partition coefficient (Wildman–Crippen LogP) is 5.39. The van der Waals surface area contributed by atoms with E-state index in [0.717, 1.165) is 17.8 Å². The topological polar surface area (TPSA) is 0 Å². The van der Waals surface area contributed by atoms with E-state index in [1.165, 1.54) is 17.5 Å². The van der Waals surface area contributed by atoms with Crippen LogP contribution in [-0.4, -0.2) is 6.71 Å². The number of rotatable bonds is 1. The Balaban J connectivity index is 1.57. The molecule has 0 N–H and O–H groups in total. The van der Waals surface area contributed by atoms with Crippen LogP contribution in [0, 0.1) is 23.2 Å². The Hall–Kier alpha value is 0.0649. The summed E-state index contributed by atoms with van der Waals surface area (Å²) in [6, 6.07) is 0. The van der Waals surface area contributed by atoms with E-state index in [4.69, 9.17) is 0 Å². The van der Waals surface area contributed by atoms with E-state index < -0.39 is 0 Å². The molecule has 2 saturated heterocycles. The van der Waals surface area contributed by atoms with Gasteiger partial charge in [0.15, 0.2) is 0 Å². The van der Waals surface area contributed by atoms with Crippen LogP contribution in [0.5, 0.6) is 0 Å². The minimum atomic E-state index is 0.183. The Morgan fingerprint density at radius 3 is 1.95 bits per heavy atom. The van der Waals surface area contributed by atoms with Crippen LogP contribution >= 0.6 is 0 Å². The maximum atomic E-state index is 2.64. The second kappa shape index (κ2) is 4.28. The van der Waals surface area contributed by atoms with Crippen LogP contribution in [0.1, 0.15) is 72.1 Å². The molecule has 0 aromatic heterocycles. The molecule has 5 aliphatic rings. The van der Waals surface area contributed by atoms with E-state index >= 15 is 0 Å². The van der Waals surface area contributed by atoms with Crippen molar-refractivity contribution in [2.24, 2.45) is 23.2 Å². The lowest BCUT2D eigenvalue weighted by Gasteiger charge is -2.67. The molecule has 0 radical (unpaired) electrons. The molecule has 4 bridgehead atoms. The lowest BCUT2D eigenvalue weighted by molar-refractivity contribution is -0.0998. The summed E-state index contributed by atoms with van der Waals surface area (Å²) in [4.78, 5) is 0. The SMILES string of the molecule is CC1C([BH-]2C3CCCC2CCC3)CC2CC1C2(C)C. The summed E-state index contributed by atoms with van der Waals surface area (Å²) >= 11 is 0. The highest BCUT2D eigenvalue weighted by Gasteiger charge is 2.56. The second-order valence-electron chi connectivity index (χ2n) is 9.52. The molecule has 0 nitrogen and oxygen atoms in total. The molecule has 5 rings (SSSR count). The summed E-state index contributed by atoms with van der Waals surface area (Å²) < 4.78 is 0. The predicted molar refractivity (Wildman–Crippen MR) is 85.3 cm³/mol. The monoisotopic (exact) mass is 259 g/mol. The van der Waals surface area contributed by atoms with Crippen LogP contribution in [0.15, 0.2) is 0 Å². The van der Waals surface area contributed by atoms with Gasteiger partial charge in [0.1, 0.15) is 0 Å². The molecule has 2 heterocycles. The average Bonchev–Trinajstić information content (AvgIpc) is 2.37. The van der Waals surface area contributed by atoms with Gasteiger partial charge in [0.05, 0.1) is 0 Å². The van der Waals surface area contributed by atoms with Crippen molar-refractivity contribution in [2.45, 2.75) is 89.6 Å². The third-order valence-electron chi connectivity index (χ3n) is 8.90. The quantitative estimate of drug-likeness (QED) is 0.553. The molecule has 2 aliphatic heterocycles. The fourth-order valence-corrected chi connectivity index (χ4v) is 7.83. The zero-order chi connectivity index (χ0) is 13.2. The average molecular weight is 259 g/mol. The van der Waals surface area contributed by atoms with Gasteiger partial charge in [-0.3, -0.25) is 0 Å². The minimum Gasteiger partial charge on any atom is -0.169 e. The molecule has 0 spiro atoms. The molecule has 3 saturated carbocycles. The van der Waals surface area contributed by atoms with Crippen LogP contribution in [0.25, 0.3) is 0 Å². The maximum Gasteiger partial charge on any atom is -0.00628 e. The first-order valence-corrected chi connectivity index (χ1v) is 9.31. The molecule has 0 aromatic carbocycles. The standard InChI is InChI=1S/C18H32B/c1-12-16-10-13(18(16,2)3)11-17(12)19-14-6-4-7-15(19)9-5-8-14/h12-17,19H,4-11H2,1-3H3/q-1. The summed E-state index contributed by atoms with van der Waals surface area (Å²) in [5.41, 5.74) is 0.694. The maximum absolute atomic E-state index is 2.64. The van der Waals surface area contributed by atoms with Gasteiger partial charge < -0.3 is 0 Å². The van der Waals surface area contributed by atoms with Crippen molar-refractivity contribution < 1.29 is 0 Å². The van der Waals surface area contributed by atoms with Crippen LogP contribution < -0.4 is 0 Å². The van der Waals surface area contributed by atoms with Gasteiger partial charge in [-0.1, -0.05) is 71.6 Å². The molecule has 108 valence electrons. The van der Waals surface area contributed by atoms with Crippen molar-refractivity contribution in [3.05, 3.63) is 0 Å². The summed E-state index contributed by atoms with van der Waals surface area (Å²) in [6.07, 6.45) is 12.8. The second-order valence-corrected chi connectivity index (χ2v) is 9.52. The van der Waals surface area contributed by atoms with Gasteiger partial charge in [0.2, 0.25) is 0 Å². The fraction of sp³-hybridized carbons (Fsp3) is 1.00. The van der Waals surface area contributed by atoms with Gasteiger partial charge in [-0.2, -0.15) is 17.5 Å². The first-order valence-electron chi connectivity index (χ1n) is 9.31. The van der Waals surface area contributed by atoms with Gasteiger partial charge in [-0.15, -0.1) is 0 Å². The first-order chi connectivity index (χ1) is 9.09. The zero-order valence-corrected chi connectivity index (χ0v) is 13.3. The molecule has 5 fully saturated rings. The van der Waals surface area contributed by atoms with Gasteiger partial charge in [-0.05, 0) is 30.4 Å². The van der Waals surface area contributed by atoms with Crippen molar-refractivity contribution in [2.75, 3.05) is 0 Å². The third kappa shape index (κ3) is 1.72. The van der Waals surface area contributed by atoms with E-state index in [2.05, 4.69) is 20.8 Å². The van der Waals surface area contributed by atoms with Crippen molar-refractivity contribution in [1.29, 1.82) is 0 Å². The number of hydrogen-bond donors (Lipinski definition) is 0. The van der Waals surface area contributed by atoms with E-state index in [1.807, 2.05) is 0 Å². The molecular formula is C18H32B-. The number of fused-ring (bicyclic) bond motifs is 5. The Bertz CT molecular complexity index is 339. The minimum absolute atomic E-state index is 0.183. The van der Waals surface area contributed by atoms with Crippen molar-refractivity contribution in [1.82, 2.24) is 0 Å². The first kappa shape index (κ1) is 12.8. The summed E-state index contributed by atoms with van der Waals surface area (Å²) in [7, 11) is 0. The van der Waals surface area contributed by atoms with Crippen LogP contribution in [-0.2, 0) is 0 Å².